The van der Waals surface area contributed by atoms with Crippen LogP contribution in [-0.4, -0.2) is 12.5 Å². The van der Waals surface area contributed by atoms with E-state index in [-0.39, 0.29) is 18.1 Å². The van der Waals surface area contributed by atoms with Crippen LogP contribution < -0.4 is 5.32 Å². The van der Waals surface area contributed by atoms with E-state index in [1.165, 1.54) is 17.7 Å². The summed E-state index contributed by atoms with van der Waals surface area (Å²) in [5.74, 6) is 0.0230. The van der Waals surface area contributed by atoms with Crippen LogP contribution in [0, 0.1) is 11.7 Å². The summed E-state index contributed by atoms with van der Waals surface area (Å²) in [5.41, 5.74) is 4.91. The van der Waals surface area contributed by atoms with Gasteiger partial charge >= 0.3 is 0 Å². The summed E-state index contributed by atoms with van der Waals surface area (Å²) in [4.78, 5) is 13.6. The Hall–Kier alpha value is -2.59. The molecule has 0 fully saturated rings. The summed E-state index contributed by atoms with van der Waals surface area (Å²) < 4.78 is 13.9. The van der Waals surface area contributed by atoms with Crippen LogP contribution in [0.4, 0.5) is 4.39 Å². The quantitative estimate of drug-likeness (QED) is 0.598. The van der Waals surface area contributed by atoms with Gasteiger partial charge in [-0.15, -0.1) is 12.6 Å². The Labute approximate surface area is 176 Å². The summed E-state index contributed by atoms with van der Waals surface area (Å²) >= 11 is 4.41. The van der Waals surface area contributed by atoms with E-state index in [0.29, 0.717) is 12.5 Å². The minimum atomic E-state index is -0.282. The highest BCUT2D eigenvalue weighted by atomic mass is 32.1. The van der Waals surface area contributed by atoms with Crippen molar-refractivity contribution in [3.63, 3.8) is 0 Å². The fraction of sp³-hybridized carbons (Fsp3) is 0.240. The van der Waals surface area contributed by atoms with Gasteiger partial charge in [0.1, 0.15) is 5.82 Å². The molecule has 148 valence electrons. The second kappa shape index (κ2) is 8.83. The maximum atomic E-state index is 13.9. The Bertz CT molecular complexity index is 1010. The van der Waals surface area contributed by atoms with E-state index < -0.39 is 0 Å². The maximum Gasteiger partial charge on any atom is 0.224 e. The second-order valence-electron chi connectivity index (χ2n) is 7.65. The molecular formula is C25H24FNOS. The summed E-state index contributed by atoms with van der Waals surface area (Å²) in [6.45, 7) is 0.622. The smallest absolute Gasteiger partial charge is 0.224 e. The molecule has 2 nitrogen and oxygen atoms in total. The Balaban J connectivity index is 1.51. The van der Waals surface area contributed by atoms with Gasteiger partial charge in [0.2, 0.25) is 5.91 Å². The number of halogens is 1. The summed E-state index contributed by atoms with van der Waals surface area (Å²) in [7, 11) is 0. The number of thiol groups is 1. The second-order valence-corrected chi connectivity index (χ2v) is 8.22. The monoisotopic (exact) mass is 405 g/mol. The Morgan fingerprint density at radius 3 is 2.86 bits per heavy atom. The van der Waals surface area contributed by atoms with Gasteiger partial charge in [-0.2, -0.15) is 0 Å². The summed E-state index contributed by atoms with van der Waals surface area (Å²) in [6, 6.07) is 4.82. The number of benzene rings is 1. The molecule has 3 aliphatic rings. The van der Waals surface area contributed by atoms with Crippen LogP contribution in [0.1, 0.15) is 36.8 Å². The number of amides is 1. The number of hydrogen-bond donors (Lipinski definition) is 2. The first-order chi connectivity index (χ1) is 14.1. The average molecular weight is 406 g/mol. The highest BCUT2D eigenvalue weighted by molar-refractivity contribution is 7.84. The molecule has 4 heteroatoms. The van der Waals surface area contributed by atoms with Crippen molar-refractivity contribution in [1.82, 2.24) is 5.32 Å². The molecule has 0 heterocycles. The van der Waals surface area contributed by atoms with Crippen molar-refractivity contribution >= 4 is 29.7 Å². The zero-order valence-electron chi connectivity index (χ0n) is 16.2. The van der Waals surface area contributed by atoms with E-state index in [4.69, 9.17) is 0 Å². The number of allylic oxidation sites excluding steroid dienone is 10. The molecule has 0 bridgehead atoms. The van der Waals surface area contributed by atoms with Crippen LogP contribution in [0.15, 0.2) is 77.3 Å². The molecule has 0 saturated carbocycles. The van der Waals surface area contributed by atoms with Crippen molar-refractivity contribution in [1.29, 1.82) is 0 Å². The zero-order valence-corrected chi connectivity index (χ0v) is 17.1. The third-order valence-corrected chi connectivity index (χ3v) is 5.82. The lowest BCUT2D eigenvalue weighted by Crippen LogP contribution is -2.28. The van der Waals surface area contributed by atoms with Crippen molar-refractivity contribution in [2.24, 2.45) is 5.92 Å². The van der Waals surface area contributed by atoms with E-state index in [0.717, 1.165) is 46.4 Å². The van der Waals surface area contributed by atoms with Crippen molar-refractivity contribution in [3.05, 3.63) is 94.2 Å². The first-order valence-corrected chi connectivity index (χ1v) is 10.4. The summed E-state index contributed by atoms with van der Waals surface area (Å²) in [5, 5.41) is 3.02. The Morgan fingerprint density at radius 2 is 2.10 bits per heavy atom. The third-order valence-electron chi connectivity index (χ3n) is 5.45. The molecule has 0 radical (unpaired) electrons. The Kier molecular flexibility index (Phi) is 6.00. The van der Waals surface area contributed by atoms with Crippen LogP contribution >= 0.6 is 12.6 Å². The van der Waals surface area contributed by atoms with Crippen LogP contribution in [0.2, 0.25) is 0 Å². The Morgan fingerprint density at radius 1 is 1.21 bits per heavy atom. The predicted octanol–water partition coefficient (Wildman–Crippen LogP) is 5.78. The van der Waals surface area contributed by atoms with Gasteiger partial charge in [-0.1, -0.05) is 48.6 Å². The molecule has 1 atom stereocenters. The molecule has 1 unspecified atom stereocenters. The number of fused-ring (bicyclic) bond motifs is 1. The highest BCUT2D eigenvalue weighted by Crippen LogP contribution is 2.38. The maximum absolute atomic E-state index is 13.9. The number of rotatable bonds is 5. The fourth-order valence-corrected chi connectivity index (χ4v) is 4.05. The lowest BCUT2D eigenvalue weighted by atomic mass is 9.98. The fourth-order valence-electron chi connectivity index (χ4n) is 3.87. The van der Waals surface area contributed by atoms with Gasteiger partial charge in [0.25, 0.3) is 0 Å². The number of carbonyl (C=O) groups is 1. The van der Waals surface area contributed by atoms with E-state index in [2.05, 4.69) is 42.2 Å². The lowest BCUT2D eigenvalue weighted by molar-refractivity contribution is -0.120. The first-order valence-electron chi connectivity index (χ1n) is 10.00. The van der Waals surface area contributed by atoms with Gasteiger partial charge in [-0.3, -0.25) is 4.79 Å². The molecule has 1 amide bonds. The molecule has 1 aromatic rings. The molecule has 0 saturated heterocycles. The van der Waals surface area contributed by atoms with Gasteiger partial charge < -0.3 is 5.32 Å². The lowest BCUT2D eigenvalue weighted by Gasteiger charge is -2.14. The van der Waals surface area contributed by atoms with Crippen LogP contribution in [0.5, 0.6) is 0 Å². The highest BCUT2D eigenvalue weighted by Gasteiger charge is 2.21. The van der Waals surface area contributed by atoms with Crippen LogP contribution in [0.3, 0.4) is 0 Å². The average Bonchev–Trinajstić information content (AvgIpc) is 3.05. The standard InChI is InChI=1S/C25H24FNOS/c26-21-8-11-23-19(12-17-6-9-22(29)10-7-17)13-20(24(23)15-21)14-25(28)27-16-18-4-2-1-3-5-18/h1-4,6,8-9,11-13,15,18,29H,5,7,10,14,16H2,(H,27,28)/b19-12+. The molecule has 0 spiro atoms. The minimum absolute atomic E-state index is 0.0322. The molecule has 29 heavy (non-hydrogen) atoms. The van der Waals surface area contributed by atoms with Crippen molar-refractivity contribution in [2.75, 3.05) is 6.54 Å². The van der Waals surface area contributed by atoms with Crippen molar-refractivity contribution < 1.29 is 9.18 Å². The largest absolute Gasteiger partial charge is 0.355 e. The van der Waals surface area contributed by atoms with E-state index >= 15 is 0 Å². The van der Waals surface area contributed by atoms with E-state index in [9.17, 15) is 9.18 Å². The predicted molar refractivity (Wildman–Crippen MR) is 121 cm³/mol. The van der Waals surface area contributed by atoms with Crippen molar-refractivity contribution in [3.8, 4) is 0 Å². The van der Waals surface area contributed by atoms with Gasteiger partial charge in [-0.05, 0) is 76.1 Å². The molecule has 1 aromatic carbocycles. The SMILES string of the molecule is O=C(CC1=C/C(=C\C2=CC=C(S)CC2)c2ccc(F)cc21)NCC1C=CC=CC1. The van der Waals surface area contributed by atoms with Crippen LogP contribution in [-0.2, 0) is 4.79 Å². The first kappa shape index (κ1) is 19.7. The molecule has 3 aliphatic carbocycles. The van der Waals surface area contributed by atoms with Gasteiger partial charge in [0, 0.05) is 6.54 Å². The van der Waals surface area contributed by atoms with E-state index in [1.807, 2.05) is 24.3 Å². The van der Waals surface area contributed by atoms with Gasteiger partial charge in [0.05, 0.1) is 6.42 Å². The van der Waals surface area contributed by atoms with Gasteiger partial charge in [0.15, 0.2) is 0 Å². The minimum Gasteiger partial charge on any atom is -0.355 e. The molecular weight excluding hydrogens is 381 g/mol. The normalized spacial score (nSPS) is 21.5. The van der Waals surface area contributed by atoms with Gasteiger partial charge in [-0.25, -0.2) is 4.39 Å². The molecule has 4 rings (SSSR count). The molecule has 0 aromatic heterocycles. The number of nitrogens with one attached hydrogen (secondary N) is 1. The van der Waals surface area contributed by atoms with Crippen LogP contribution in [0.25, 0.3) is 11.1 Å². The third kappa shape index (κ3) is 4.88. The summed E-state index contributed by atoms with van der Waals surface area (Å²) in [6.07, 6.45) is 19.6. The molecule has 0 aliphatic heterocycles. The number of carbonyl (C=O) groups excluding carboxylic acids is 1. The van der Waals surface area contributed by atoms with Crippen molar-refractivity contribution in [2.45, 2.75) is 25.7 Å². The topological polar surface area (TPSA) is 29.1 Å². The number of hydrogen-bond acceptors (Lipinski definition) is 2. The molecule has 1 N–H and O–H groups in total. The van der Waals surface area contributed by atoms with E-state index in [1.54, 1.807) is 6.07 Å². The zero-order chi connectivity index (χ0) is 20.2.